The zero-order valence-corrected chi connectivity index (χ0v) is 11.9. The molecule has 112 valence electrons. The Hall–Kier alpha value is -0.460. The molecular weight excluding hydrogens is 271 g/mol. The summed E-state index contributed by atoms with van der Waals surface area (Å²) in [6.45, 7) is 0.0393. The van der Waals surface area contributed by atoms with Crippen LogP contribution in [0.15, 0.2) is 0 Å². The van der Waals surface area contributed by atoms with Crippen molar-refractivity contribution in [2.24, 2.45) is 5.73 Å². The topological polar surface area (TPSA) is 113 Å². The first-order chi connectivity index (χ1) is 8.92. The molecule has 1 fully saturated rings. The molecule has 0 atom stereocenters. The van der Waals surface area contributed by atoms with E-state index in [4.69, 9.17) is 20.4 Å². The molecule has 0 aromatic carbocycles. The largest absolute Gasteiger partial charge is 0.366 e. The Morgan fingerprint density at radius 3 is 2.21 bits per heavy atom. The number of rotatable bonds is 5. The predicted molar refractivity (Wildman–Crippen MR) is 70.0 cm³/mol. The molecule has 0 amide bonds. The van der Waals surface area contributed by atoms with Crippen LogP contribution in [0.2, 0.25) is 0 Å². The Bertz CT molecular complexity index is 325. The summed E-state index contributed by atoms with van der Waals surface area (Å²) in [6.07, 6.45) is 6.52. The summed E-state index contributed by atoms with van der Waals surface area (Å²) in [4.78, 5) is 33.9. The van der Waals surface area contributed by atoms with Crippen molar-refractivity contribution in [3.8, 4) is 0 Å². The number of hydrogen-bond donors (Lipinski definition) is 3. The van der Waals surface area contributed by atoms with Crippen LogP contribution in [-0.4, -0.2) is 39.7 Å². The van der Waals surface area contributed by atoms with E-state index in [0.29, 0.717) is 0 Å². The third-order valence-electron chi connectivity index (χ3n) is 3.22. The fraction of sp³-hybridized carbons (Fsp3) is 0.909. The van der Waals surface area contributed by atoms with E-state index in [0.717, 1.165) is 38.5 Å². The molecule has 0 spiro atoms. The van der Waals surface area contributed by atoms with Crippen molar-refractivity contribution < 1.29 is 24.0 Å². The third kappa shape index (κ3) is 7.03. The third-order valence-corrected chi connectivity index (χ3v) is 3.89. The summed E-state index contributed by atoms with van der Waals surface area (Å²) >= 11 is 0. The van der Waals surface area contributed by atoms with Gasteiger partial charge in [-0.05, 0) is 12.8 Å². The highest BCUT2D eigenvalue weighted by atomic mass is 31.2. The summed E-state index contributed by atoms with van der Waals surface area (Å²) in [6, 6.07) is 0.0472. The van der Waals surface area contributed by atoms with Crippen LogP contribution in [0, 0.1) is 0 Å². The molecule has 0 saturated heterocycles. The number of nitrogens with zero attached hydrogens (tertiary/aromatic N) is 1. The molecule has 1 aliphatic carbocycles. The zero-order chi connectivity index (χ0) is 14.3. The Morgan fingerprint density at radius 1 is 1.21 bits per heavy atom. The van der Waals surface area contributed by atoms with Crippen molar-refractivity contribution in [1.82, 2.24) is 5.06 Å². The first-order valence-electron chi connectivity index (χ1n) is 6.64. The van der Waals surface area contributed by atoms with Gasteiger partial charge >= 0.3 is 13.6 Å². The van der Waals surface area contributed by atoms with E-state index in [1.807, 2.05) is 0 Å². The number of carbonyl (C=O) groups is 1. The molecule has 0 bridgehead atoms. The second-order valence-electron chi connectivity index (χ2n) is 4.88. The van der Waals surface area contributed by atoms with Gasteiger partial charge in [-0.2, -0.15) is 0 Å². The number of hydroxylamine groups is 2. The fourth-order valence-corrected chi connectivity index (χ4v) is 2.71. The second-order valence-corrected chi connectivity index (χ2v) is 6.53. The lowest BCUT2D eigenvalue weighted by Gasteiger charge is -2.30. The second kappa shape index (κ2) is 7.97. The average molecular weight is 294 g/mol. The lowest BCUT2D eigenvalue weighted by Crippen LogP contribution is -2.42. The normalized spacial score (nSPS) is 18.9. The van der Waals surface area contributed by atoms with E-state index in [2.05, 4.69) is 0 Å². The van der Waals surface area contributed by atoms with Crippen LogP contribution in [0.5, 0.6) is 0 Å². The van der Waals surface area contributed by atoms with Crippen molar-refractivity contribution in [3.05, 3.63) is 0 Å². The number of nitrogens with two attached hydrogens (primary N) is 1. The summed E-state index contributed by atoms with van der Waals surface area (Å²) in [5.41, 5.74) is 5.56. The molecule has 8 heteroatoms. The minimum absolute atomic E-state index is 0.0393. The lowest BCUT2D eigenvalue weighted by molar-refractivity contribution is -0.201. The smallest absolute Gasteiger partial charge is 0.337 e. The van der Waals surface area contributed by atoms with Crippen LogP contribution in [0.25, 0.3) is 0 Å². The minimum Gasteiger partial charge on any atom is -0.366 e. The van der Waals surface area contributed by atoms with Gasteiger partial charge in [-0.1, -0.05) is 32.1 Å². The molecule has 1 rings (SSSR count). The molecule has 1 saturated carbocycles. The molecular formula is C11H23N2O5P. The monoisotopic (exact) mass is 294 g/mol. The molecule has 4 N–H and O–H groups in total. The molecule has 0 aromatic rings. The lowest BCUT2D eigenvalue weighted by atomic mass is 9.97. The Labute approximate surface area is 113 Å². The molecule has 0 unspecified atom stereocenters. The van der Waals surface area contributed by atoms with E-state index in [-0.39, 0.29) is 12.7 Å². The predicted octanol–water partition coefficient (Wildman–Crippen LogP) is 0.953. The van der Waals surface area contributed by atoms with E-state index < -0.39 is 19.7 Å². The van der Waals surface area contributed by atoms with Gasteiger partial charge in [0.25, 0.3) is 0 Å². The van der Waals surface area contributed by atoms with Gasteiger partial charge in [0.2, 0.25) is 0 Å². The van der Waals surface area contributed by atoms with Crippen LogP contribution in [0.4, 0.5) is 0 Å². The maximum atomic E-state index is 11.4. The van der Waals surface area contributed by atoms with E-state index >= 15 is 0 Å². The summed E-state index contributed by atoms with van der Waals surface area (Å²) in [7, 11) is -4.39. The molecule has 0 radical (unpaired) electrons. The zero-order valence-electron chi connectivity index (χ0n) is 11.0. The van der Waals surface area contributed by atoms with Crippen molar-refractivity contribution in [1.29, 1.82) is 0 Å². The average Bonchev–Trinajstić information content (AvgIpc) is 2.23. The summed E-state index contributed by atoms with van der Waals surface area (Å²) in [5, 5.41) is 1.36. The highest BCUT2D eigenvalue weighted by molar-refractivity contribution is 7.52. The van der Waals surface area contributed by atoms with Gasteiger partial charge in [0, 0.05) is 6.04 Å². The highest BCUT2D eigenvalue weighted by Crippen LogP contribution is 2.34. The minimum atomic E-state index is -4.39. The molecule has 1 aliphatic rings. The van der Waals surface area contributed by atoms with Crippen LogP contribution in [-0.2, 0) is 14.2 Å². The van der Waals surface area contributed by atoms with E-state index in [1.54, 1.807) is 0 Å². The number of carbonyl (C=O) groups excluding carboxylic acids is 1. The first-order valence-corrected chi connectivity index (χ1v) is 8.44. The molecule has 0 aliphatic heterocycles. The van der Waals surface area contributed by atoms with Gasteiger partial charge in [-0.15, -0.1) is 5.06 Å². The Kier molecular flexibility index (Phi) is 6.96. The summed E-state index contributed by atoms with van der Waals surface area (Å²) in [5.74, 6) is -0.930. The summed E-state index contributed by atoms with van der Waals surface area (Å²) < 4.78 is 10.7. The van der Waals surface area contributed by atoms with Gasteiger partial charge in [0.1, 0.15) is 6.16 Å². The molecule has 0 heterocycles. The quantitative estimate of drug-likeness (QED) is 0.393. The van der Waals surface area contributed by atoms with Gasteiger partial charge in [0.05, 0.1) is 6.67 Å². The van der Waals surface area contributed by atoms with Gasteiger partial charge < -0.3 is 20.4 Å². The van der Waals surface area contributed by atoms with Crippen molar-refractivity contribution in [2.75, 3.05) is 12.8 Å². The van der Waals surface area contributed by atoms with Crippen LogP contribution in [0.3, 0.4) is 0 Å². The maximum Gasteiger partial charge on any atom is 0.337 e. The van der Waals surface area contributed by atoms with Gasteiger partial charge in [0.15, 0.2) is 0 Å². The van der Waals surface area contributed by atoms with Crippen molar-refractivity contribution in [2.45, 2.75) is 51.0 Å². The van der Waals surface area contributed by atoms with E-state index in [9.17, 15) is 9.36 Å². The van der Waals surface area contributed by atoms with Crippen molar-refractivity contribution in [3.63, 3.8) is 0 Å². The van der Waals surface area contributed by atoms with Gasteiger partial charge in [-0.25, -0.2) is 4.79 Å². The fourth-order valence-electron chi connectivity index (χ4n) is 2.31. The van der Waals surface area contributed by atoms with Gasteiger partial charge in [-0.3, -0.25) is 4.57 Å². The Morgan fingerprint density at radius 2 is 1.74 bits per heavy atom. The molecule has 0 aromatic heterocycles. The number of hydrogen-bond acceptors (Lipinski definition) is 5. The Balaban J connectivity index is 2.50. The highest BCUT2D eigenvalue weighted by Gasteiger charge is 2.26. The maximum absolute atomic E-state index is 11.4. The van der Waals surface area contributed by atoms with Crippen LogP contribution < -0.4 is 5.73 Å². The first kappa shape index (κ1) is 16.6. The standard InChI is InChI=1S/C11H23N2O5P/c12-9-13(18-11(14)8-19(15,16)17)10-6-4-2-1-3-5-7-10/h10H,1-9,12H2,(H2,15,16,17). The SMILES string of the molecule is NCN(OC(=O)CP(=O)(O)O)C1CCCCCCC1. The van der Waals surface area contributed by atoms with Crippen LogP contribution in [0.1, 0.15) is 44.9 Å². The molecule has 7 nitrogen and oxygen atoms in total. The van der Waals surface area contributed by atoms with E-state index in [1.165, 1.54) is 11.5 Å². The van der Waals surface area contributed by atoms with Crippen molar-refractivity contribution >= 4 is 13.6 Å². The van der Waals surface area contributed by atoms with Crippen LogP contribution >= 0.6 is 7.60 Å². The molecule has 19 heavy (non-hydrogen) atoms.